The van der Waals surface area contributed by atoms with E-state index in [1.165, 1.54) is 25.7 Å². The lowest BCUT2D eigenvalue weighted by molar-refractivity contribution is -0.161. The molecule has 0 N–H and O–H groups in total. The molecule has 0 rings (SSSR count). The molecule has 0 aromatic heterocycles. The van der Waals surface area contributed by atoms with E-state index in [-0.39, 0.29) is 31.1 Å². The number of hydrogen-bond acceptors (Lipinski definition) is 5. The highest BCUT2D eigenvalue weighted by Crippen LogP contribution is 2.27. The lowest BCUT2D eigenvalue weighted by Crippen LogP contribution is -2.33. The standard InChI is InChI=1S/C28H54O5/c1-8-11-14-16-18-27(4,5)25(29)32-22-24(21-31-20-13-10-3)23-33-26(30)28(6,7)19-17-15-12-9-2/h24H,8-23H2,1-7H3. The molecule has 5 heteroatoms. The molecule has 0 aromatic carbocycles. The first-order valence-electron chi connectivity index (χ1n) is 13.5. The SMILES string of the molecule is CCCCCCC(C)(C)C(=O)OCC(COCCCC)COC(=O)C(C)(C)CCCCCC. The molecule has 0 spiro atoms. The van der Waals surface area contributed by atoms with Gasteiger partial charge in [-0.2, -0.15) is 0 Å². The molecular formula is C28H54O5. The van der Waals surface area contributed by atoms with E-state index in [0.717, 1.165) is 51.4 Å². The van der Waals surface area contributed by atoms with Crippen LogP contribution in [0.15, 0.2) is 0 Å². The third-order valence-corrected chi connectivity index (χ3v) is 6.31. The summed E-state index contributed by atoms with van der Waals surface area (Å²) >= 11 is 0. The van der Waals surface area contributed by atoms with Crippen LogP contribution < -0.4 is 0 Å². The van der Waals surface area contributed by atoms with Crippen LogP contribution in [0.25, 0.3) is 0 Å². The summed E-state index contributed by atoms with van der Waals surface area (Å²) in [4.78, 5) is 25.4. The van der Waals surface area contributed by atoms with E-state index in [2.05, 4.69) is 20.8 Å². The van der Waals surface area contributed by atoms with Crippen molar-refractivity contribution in [1.82, 2.24) is 0 Å². The van der Waals surface area contributed by atoms with Gasteiger partial charge in [-0.1, -0.05) is 78.6 Å². The smallest absolute Gasteiger partial charge is 0.311 e. The molecule has 0 bridgehead atoms. The molecule has 0 radical (unpaired) electrons. The summed E-state index contributed by atoms with van der Waals surface area (Å²) in [6.07, 6.45) is 12.8. The zero-order chi connectivity index (χ0) is 25.2. The van der Waals surface area contributed by atoms with Gasteiger partial charge < -0.3 is 14.2 Å². The molecule has 0 unspecified atom stereocenters. The van der Waals surface area contributed by atoms with Gasteiger partial charge in [0.1, 0.15) is 0 Å². The second-order valence-electron chi connectivity index (χ2n) is 10.9. The van der Waals surface area contributed by atoms with E-state index in [1.807, 2.05) is 27.7 Å². The van der Waals surface area contributed by atoms with Crippen molar-refractivity contribution in [3.8, 4) is 0 Å². The van der Waals surface area contributed by atoms with Gasteiger partial charge in [-0.3, -0.25) is 9.59 Å². The molecule has 0 heterocycles. The quantitative estimate of drug-likeness (QED) is 0.128. The highest BCUT2D eigenvalue weighted by Gasteiger charge is 2.31. The van der Waals surface area contributed by atoms with Crippen LogP contribution >= 0.6 is 0 Å². The summed E-state index contributed by atoms with van der Waals surface area (Å²) < 4.78 is 17.1. The average molecular weight is 471 g/mol. The Labute approximate surface area is 204 Å². The van der Waals surface area contributed by atoms with Gasteiger partial charge >= 0.3 is 11.9 Å². The number of carbonyl (C=O) groups excluding carboxylic acids is 2. The summed E-state index contributed by atoms with van der Waals surface area (Å²) in [5.41, 5.74) is -1.00. The first kappa shape index (κ1) is 31.9. The highest BCUT2D eigenvalue weighted by molar-refractivity contribution is 5.76. The molecule has 0 aliphatic heterocycles. The van der Waals surface area contributed by atoms with Gasteiger partial charge in [-0.15, -0.1) is 0 Å². The maximum atomic E-state index is 12.7. The molecule has 0 saturated carbocycles. The van der Waals surface area contributed by atoms with E-state index in [1.54, 1.807) is 0 Å². The molecule has 0 aromatic rings. The van der Waals surface area contributed by atoms with Crippen LogP contribution in [0.5, 0.6) is 0 Å². The zero-order valence-electron chi connectivity index (χ0n) is 22.9. The van der Waals surface area contributed by atoms with Crippen molar-refractivity contribution in [3.05, 3.63) is 0 Å². The molecule has 0 fully saturated rings. The Hall–Kier alpha value is -1.10. The minimum Gasteiger partial charge on any atom is -0.465 e. The average Bonchev–Trinajstić information content (AvgIpc) is 2.77. The fourth-order valence-electron chi connectivity index (χ4n) is 3.61. The number of carbonyl (C=O) groups is 2. The van der Waals surface area contributed by atoms with Crippen LogP contribution in [0.3, 0.4) is 0 Å². The fourth-order valence-corrected chi connectivity index (χ4v) is 3.61. The summed E-state index contributed by atoms with van der Waals surface area (Å²) in [5.74, 6) is -0.512. The van der Waals surface area contributed by atoms with Gasteiger partial charge in [0, 0.05) is 6.61 Å². The van der Waals surface area contributed by atoms with Crippen molar-refractivity contribution in [2.75, 3.05) is 26.4 Å². The predicted octanol–water partition coefficient (Wildman–Crippen LogP) is 7.50. The fraction of sp³-hybridized carbons (Fsp3) is 0.929. The second kappa shape index (κ2) is 18.3. The monoisotopic (exact) mass is 470 g/mol. The molecule has 0 amide bonds. The Balaban J connectivity index is 4.71. The second-order valence-corrected chi connectivity index (χ2v) is 10.9. The molecule has 0 aliphatic rings. The van der Waals surface area contributed by atoms with Crippen molar-refractivity contribution in [3.63, 3.8) is 0 Å². The zero-order valence-corrected chi connectivity index (χ0v) is 22.9. The summed E-state index contributed by atoms with van der Waals surface area (Å²) in [7, 11) is 0. The largest absolute Gasteiger partial charge is 0.465 e. The normalized spacial score (nSPS) is 12.2. The molecule has 0 aliphatic carbocycles. The number of hydrogen-bond donors (Lipinski definition) is 0. The van der Waals surface area contributed by atoms with Crippen molar-refractivity contribution in [2.24, 2.45) is 16.7 Å². The van der Waals surface area contributed by atoms with Crippen LogP contribution in [0.4, 0.5) is 0 Å². The van der Waals surface area contributed by atoms with Crippen LogP contribution in [0.2, 0.25) is 0 Å². The molecular weight excluding hydrogens is 416 g/mol. The first-order chi connectivity index (χ1) is 15.6. The Morgan fingerprint density at radius 3 is 1.42 bits per heavy atom. The van der Waals surface area contributed by atoms with Crippen LogP contribution in [0.1, 0.15) is 126 Å². The van der Waals surface area contributed by atoms with Crippen LogP contribution in [-0.2, 0) is 23.8 Å². The molecule has 5 nitrogen and oxygen atoms in total. The van der Waals surface area contributed by atoms with Crippen molar-refractivity contribution in [2.45, 2.75) is 126 Å². The lowest BCUT2D eigenvalue weighted by Gasteiger charge is -2.26. The minimum absolute atomic E-state index is 0.151. The highest BCUT2D eigenvalue weighted by atomic mass is 16.6. The Kier molecular flexibility index (Phi) is 17.6. The number of esters is 2. The maximum Gasteiger partial charge on any atom is 0.311 e. The minimum atomic E-state index is -0.501. The Morgan fingerprint density at radius 1 is 0.606 bits per heavy atom. The van der Waals surface area contributed by atoms with Gasteiger partial charge in [-0.05, 0) is 47.0 Å². The van der Waals surface area contributed by atoms with Gasteiger partial charge in [0.25, 0.3) is 0 Å². The topological polar surface area (TPSA) is 61.8 Å². The van der Waals surface area contributed by atoms with Gasteiger partial charge in [0.05, 0.1) is 36.6 Å². The number of ether oxygens (including phenoxy) is 3. The van der Waals surface area contributed by atoms with Crippen molar-refractivity contribution in [1.29, 1.82) is 0 Å². The van der Waals surface area contributed by atoms with Gasteiger partial charge in [0.15, 0.2) is 0 Å². The lowest BCUT2D eigenvalue weighted by atomic mass is 9.87. The van der Waals surface area contributed by atoms with Crippen molar-refractivity contribution >= 4 is 11.9 Å². The molecule has 0 saturated heterocycles. The van der Waals surface area contributed by atoms with Crippen molar-refractivity contribution < 1.29 is 23.8 Å². The summed E-state index contributed by atoms with van der Waals surface area (Å²) in [6, 6.07) is 0. The molecule has 0 atom stereocenters. The number of unbranched alkanes of at least 4 members (excludes halogenated alkanes) is 7. The van der Waals surface area contributed by atoms with Crippen LogP contribution in [0, 0.1) is 16.7 Å². The van der Waals surface area contributed by atoms with E-state index in [9.17, 15) is 9.59 Å². The van der Waals surface area contributed by atoms with E-state index in [4.69, 9.17) is 14.2 Å². The third-order valence-electron chi connectivity index (χ3n) is 6.31. The Morgan fingerprint density at radius 2 is 1.03 bits per heavy atom. The summed E-state index contributed by atoms with van der Waals surface area (Å²) in [6.45, 7) is 15.8. The molecule has 33 heavy (non-hydrogen) atoms. The molecule has 196 valence electrons. The Bertz CT molecular complexity index is 472. The van der Waals surface area contributed by atoms with Crippen LogP contribution in [-0.4, -0.2) is 38.4 Å². The van der Waals surface area contributed by atoms with Gasteiger partial charge in [0.2, 0.25) is 0 Å². The first-order valence-corrected chi connectivity index (χ1v) is 13.5. The third kappa shape index (κ3) is 15.4. The number of rotatable bonds is 21. The maximum absolute atomic E-state index is 12.7. The van der Waals surface area contributed by atoms with E-state index >= 15 is 0 Å². The van der Waals surface area contributed by atoms with E-state index in [0.29, 0.717) is 13.2 Å². The van der Waals surface area contributed by atoms with E-state index < -0.39 is 10.8 Å². The summed E-state index contributed by atoms with van der Waals surface area (Å²) in [5, 5.41) is 0. The van der Waals surface area contributed by atoms with Gasteiger partial charge in [-0.25, -0.2) is 0 Å². The predicted molar refractivity (Wildman–Crippen MR) is 136 cm³/mol.